The van der Waals surface area contributed by atoms with Crippen molar-refractivity contribution in [3.63, 3.8) is 0 Å². The van der Waals surface area contributed by atoms with E-state index in [1.54, 1.807) is 20.9 Å². The van der Waals surface area contributed by atoms with Crippen LogP contribution in [0.3, 0.4) is 0 Å². The van der Waals surface area contributed by atoms with E-state index in [0.29, 0.717) is 0 Å². The van der Waals surface area contributed by atoms with Gasteiger partial charge in [0, 0.05) is 20.9 Å². The molecule has 0 aliphatic heterocycles. The van der Waals surface area contributed by atoms with E-state index in [-0.39, 0.29) is 5.06 Å². The Hall–Kier alpha value is -0.160. The zero-order chi connectivity index (χ0) is 7.49. The molecule has 0 spiro atoms. The second-order valence-electron chi connectivity index (χ2n) is 2.37. The maximum absolute atomic E-state index is 10.7. The van der Waals surface area contributed by atoms with Gasteiger partial charge in [0.05, 0.1) is 7.05 Å². The molecular formula is C5H14N2O2. The lowest BCUT2D eigenvalue weighted by Gasteiger charge is -2.33. The number of hydroxylamine groups is 3. The lowest BCUT2D eigenvalue weighted by Crippen LogP contribution is -3.13. The highest BCUT2D eigenvalue weighted by atomic mass is 16.7. The molecular weight excluding hydrogens is 120 g/mol. The van der Waals surface area contributed by atoms with Gasteiger partial charge in [0.1, 0.15) is 0 Å². The van der Waals surface area contributed by atoms with Crippen molar-refractivity contribution in [1.82, 2.24) is 5.48 Å². The molecule has 2 N–H and O–H groups in total. The van der Waals surface area contributed by atoms with Crippen LogP contribution in [0.15, 0.2) is 0 Å². The van der Waals surface area contributed by atoms with Crippen molar-refractivity contribution in [2.75, 3.05) is 14.1 Å². The van der Waals surface area contributed by atoms with Crippen molar-refractivity contribution in [2.24, 2.45) is 0 Å². The third-order valence-electron chi connectivity index (χ3n) is 1.21. The van der Waals surface area contributed by atoms with Gasteiger partial charge in [-0.2, -0.15) is 5.48 Å². The Labute approximate surface area is 55.3 Å². The zero-order valence-electron chi connectivity index (χ0n) is 6.32. The van der Waals surface area contributed by atoms with Crippen LogP contribution in [-0.2, 0) is 4.84 Å². The number of nitrogens with one attached hydrogen (secondary N) is 2. The Morgan fingerprint density at radius 3 is 2.11 bits per heavy atom. The van der Waals surface area contributed by atoms with Crippen molar-refractivity contribution in [3.05, 3.63) is 5.21 Å². The van der Waals surface area contributed by atoms with Crippen LogP contribution in [0.4, 0.5) is 0 Å². The Morgan fingerprint density at radius 2 is 2.00 bits per heavy atom. The molecule has 0 amide bonds. The third-order valence-corrected chi connectivity index (χ3v) is 1.21. The van der Waals surface area contributed by atoms with Gasteiger partial charge < -0.3 is 10.3 Å². The first kappa shape index (κ1) is 8.84. The van der Waals surface area contributed by atoms with E-state index in [1.165, 1.54) is 7.05 Å². The third kappa shape index (κ3) is 2.76. The van der Waals surface area contributed by atoms with Crippen molar-refractivity contribution in [1.29, 1.82) is 0 Å². The van der Waals surface area contributed by atoms with Crippen LogP contribution in [0.5, 0.6) is 0 Å². The summed E-state index contributed by atoms with van der Waals surface area (Å²) in [7, 11) is 3.13. The van der Waals surface area contributed by atoms with Gasteiger partial charge in [0.25, 0.3) is 0 Å². The first-order valence-corrected chi connectivity index (χ1v) is 2.86. The molecule has 0 heterocycles. The Balaban J connectivity index is 3.70. The van der Waals surface area contributed by atoms with Gasteiger partial charge >= 0.3 is 0 Å². The molecule has 1 unspecified atom stereocenters. The van der Waals surface area contributed by atoms with E-state index in [0.717, 1.165) is 0 Å². The molecule has 0 aliphatic rings. The molecule has 9 heavy (non-hydrogen) atoms. The van der Waals surface area contributed by atoms with Gasteiger partial charge in [-0.15, -0.1) is 0 Å². The summed E-state index contributed by atoms with van der Waals surface area (Å²) in [5, 5.41) is 10.7. The molecule has 0 saturated heterocycles. The fraction of sp³-hybridized carbons (Fsp3) is 1.00. The van der Waals surface area contributed by atoms with Crippen LogP contribution in [0.25, 0.3) is 0 Å². The van der Waals surface area contributed by atoms with Gasteiger partial charge in [-0.3, -0.25) is 0 Å². The van der Waals surface area contributed by atoms with Gasteiger partial charge in [-0.25, -0.2) is 4.84 Å². The Bertz CT molecular complexity index is 83.0. The topological polar surface area (TPSA) is 48.8 Å². The first-order chi connectivity index (χ1) is 4.00. The summed E-state index contributed by atoms with van der Waals surface area (Å²) in [4.78, 5) is 4.89. The quantitative estimate of drug-likeness (QED) is 0.380. The average molecular weight is 134 g/mol. The summed E-state index contributed by atoms with van der Waals surface area (Å²) in [6, 6.07) is 0. The van der Waals surface area contributed by atoms with E-state index >= 15 is 0 Å². The van der Waals surface area contributed by atoms with Crippen molar-refractivity contribution < 1.29 is 9.90 Å². The number of hydrogen-bond donors (Lipinski definition) is 2. The predicted molar refractivity (Wildman–Crippen MR) is 34.5 cm³/mol. The summed E-state index contributed by atoms with van der Waals surface area (Å²) in [5.74, 6) is 0. The van der Waals surface area contributed by atoms with Gasteiger partial charge in [0.2, 0.25) is 5.72 Å². The van der Waals surface area contributed by atoms with Gasteiger partial charge in [-0.05, 0) is 0 Å². The molecule has 0 aromatic heterocycles. The molecule has 0 aromatic rings. The van der Waals surface area contributed by atoms with E-state index in [2.05, 4.69) is 5.48 Å². The highest BCUT2D eigenvalue weighted by Crippen LogP contribution is 1.93. The molecule has 0 radical (unpaired) electrons. The molecule has 4 nitrogen and oxygen atoms in total. The predicted octanol–water partition coefficient (Wildman–Crippen LogP) is -1.11. The van der Waals surface area contributed by atoms with Crippen molar-refractivity contribution in [3.8, 4) is 0 Å². The standard InChI is InChI=1S/C5H14N2O2/c1-5(2,7(4)8)9-6-3/h6-7H,1-4H3. The summed E-state index contributed by atoms with van der Waals surface area (Å²) in [5.41, 5.74) is 1.77. The first-order valence-electron chi connectivity index (χ1n) is 2.86. The maximum Gasteiger partial charge on any atom is 0.213 e. The fourth-order valence-corrected chi connectivity index (χ4v) is 0.327. The summed E-state index contributed by atoms with van der Waals surface area (Å²) < 4.78 is 0. The van der Waals surface area contributed by atoms with E-state index in [4.69, 9.17) is 4.84 Å². The Kier molecular flexibility index (Phi) is 3.07. The molecule has 0 fully saturated rings. The minimum Gasteiger partial charge on any atom is -0.632 e. The summed E-state index contributed by atoms with van der Waals surface area (Å²) in [6.45, 7) is 3.43. The highest BCUT2D eigenvalue weighted by Gasteiger charge is 2.22. The molecule has 1 atom stereocenters. The molecule has 56 valence electrons. The molecule has 0 rings (SSSR count). The highest BCUT2D eigenvalue weighted by molar-refractivity contribution is 4.46. The van der Waals surface area contributed by atoms with Crippen LogP contribution in [0, 0.1) is 5.21 Å². The molecule has 0 aromatic carbocycles. The van der Waals surface area contributed by atoms with Crippen molar-refractivity contribution in [2.45, 2.75) is 19.6 Å². The van der Waals surface area contributed by atoms with E-state index < -0.39 is 5.72 Å². The van der Waals surface area contributed by atoms with Crippen LogP contribution in [-0.4, -0.2) is 19.8 Å². The molecule has 0 saturated carbocycles. The van der Waals surface area contributed by atoms with Crippen LogP contribution in [0.1, 0.15) is 13.8 Å². The minimum absolute atomic E-state index is 0.0110. The zero-order valence-corrected chi connectivity index (χ0v) is 6.32. The molecule has 0 aliphatic carbocycles. The monoisotopic (exact) mass is 134 g/mol. The number of hydrogen-bond acceptors (Lipinski definition) is 3. The second-order valence-corrected chi connectivity index (χ2v) is 2.37. The SMILES string of the molecule is CNOC(C)(C)[NH+](C)[O-]. The van der Waals surface area contributed by atoms with E-state index in [9.17, 15) is 5.21 Å². The minimum atomic E-state index is -0.700. The lowest BCUT2D eigenvalue weighted by atomic mass is 10.3. The fourth-order valence-electron chi connectivity index (χ4n) is 0.327. The van der Waals surface area contributed by atoms with Crippen LogP contribution >= 0.6 is 0 Å². The van der Waals surface area contributed by atoms with Gasteiger partial charge in [0.15, 0.2) is 0 Å². The average Bonchev–Trinajstić information content (AvgIpc) is 1.65. The number of quaternary nitrogens is 1. The lowest BCUT2D eigenvalue weighted by molar-refractivity contribution is -0.913. The van der Waals surface area contributed by atoms with E-state index in [1.807, 2.05) is 0 Å². The normalized spacial score (nSPS) is 15.7. The molecule has 0 bridgehead atoms. The summed E-state index contributed by atoms with van der Waals surface area (Å²) in [6.07, 6.45) is 0. The Morgan fingerprint density at radius 1 is 1.56 bits per heavy atom. The van der Waals surface area contributed by atoms with Crippen LogP contribution in [0.2, 0.25) is 0 Å². The number of rotatable bonds is 3. The second kappa shape index (κ2) is 3.12. The maximum atomic E-state index is 10.7. The molecule has 4 heteroatoms. The van der Waals surface area contributed by atoms with Crippen molar-refractivity contribution >= 4 is 0 Å². The summed E-state index contributed by atoms with van der Waals surface area (Å²) >= 11 is 0. The van der Waals surface area contributed by atoms with Gasteiger partial charge in [-0.1, -0.05) is 0 Å². The van der Waals surface area contributed by atoms with Crippen LogP contribution < -0.4 is 10.5 Å². The largest absolute Gasteiger partial charge is 0.632 e. The smallest absolute Gasteiger partial charge is 0.213 e.